The Morgan fingerprint density at radius 3 is 1.21 bits per heavy atom. The summed E-state index contributed by atoms with van der Waals surface area (Å²) in [6.07, 6.45) is 0. The number of ether oxygens (including phenoxy) is 5. The summed E-state index contributed by atoms with van der Waals surface area (Å²) in [5, 5.41) is 3.35. The van der Waals surface area contributed by atoms with Gasteiger partial charge in [-0.15, -0.1) is 0 Å². The van der Waals surface area contributed by atoms with Crippen molar-refractivity contribution in [3.63, 3.8) is 0 Å². The van der Waals surface area contributed by atoms with Crippen LogP contribution in [0.3, 0.4) is 0 Å². The number of nitrogens with one attached hydrogen (secondary N) is 1. The van der Waals surface area contributed by atoms with E-state index in [0.29, 0.717) is 78.8 Å². The van der Waals surface area contributed by atoms with E-state index in [1.54, 1.807) is 0 Å². The molecule has 1 fully saturated rings. The number of rotatable bonds is 6. The van der Waals surface area contributed by atoms with Gasteiger partial charge in [0.15, 0.2) is 0 Å². The van der Waals surface area contributed by atoms with Crippen LogP contribution >= 0.6 is 0 Å². The van der Waals surface area contributed by atoms with Crippen LogP contribution in [0.15, 0.2) is 0 Å². The molecule has 0 aromatic heterocycles. The zero-order valence-corrected chi connectivity index (χ0v) is 27.7. The fourth-order valence-corrected chi connectivity index (χ4v) is 4.05. The first-order valence-corrected chi connectivity index (χ1v) is 15.1. The molecule has 1 heterocycles. The number of carbonyl (C=O) groups excluding carboxylic acids is 3. The molecule has 0 aromatic carbocycles. The van der Waals surface area contributed by atoms with Gasteiger partial charge in [-0.3, -0.25) is 29.1 Å². The molecule has 0 atom stereocenters. The Morgan fingerprint density at radius 1 is 0.524 bits per heavy atom. The van der Waals surface area contributed by atoms with E-state index in [9.17, 15) is 14.4 Å². The van der Waals surface area contributed by atoms with E-state index in [1.165, 1.54) is 0 Å². The molecule has 0 aliphatic carbocycles. The van der Waals surface area contributed by atoms with Crippen LogP contribution in [0.5, 0.6) is 0 Å². The largest absolute Gasteiger partial charge is 0.459 e. The van der Waals surface area contributed by atoms with Gasteiger partial charge in [0.05, 0.1) is 46.1 Å². The average Bonchev–Trinajstić information content (AvgIpc) is 2.78. The van der Waals surface area contributed by atoms with Gasteiger partial charge in [0.2, 0.25) is 0 Å². The number of nitrogens with zero attached hydrogens (tertiary/aromatic N) is 3. The first kappa shape index (κ1) is 38.2. The summed E-state index contributed by atoms with van der Waals surface area (Å²) < 4.78 is 28.4. The molecule has 0 unspecified atom stereocenters. The van der Waals surface area contributed by atoms with Gasteiger partial charge in [-0.05, 0) is 62.3 Å². The SMILES string of the molecule is CC(C)(C)OC(=O)CN1CCNCCOCCN(CC(=O)OC(C)(C)C)CCN(CC(=O)OC(C)(C)C)CCOCC1. The number of carbonyl (C=O) groups is 3. The minimum atomic E-state index is -0.587. The summed E-state index contributed by atoms with van der Waals surface area (Å²) in [7, 11) is 0. The normalized spacial score (nSPS) is 19.4. The van der Waals surface area contributed by atoms with Crippen molar-refractivity contribution in [3.8, 4) is 0 Å². The van der Waals surface area contributed by atoms with Crippen LogP contribution in [0.1, 0.15) is 62.3 Å². The lowest BCUT2D eigenvalue weighted by Crippen LogP contribution is -2.44. The highest BCUT2D eigenvalue weighted by Gasteiger charge is 2.23. The summed E-state index contributed by atoms with van der Waals surface area (Å²) in [5.74, 6) is -0.889. The molecule has 0 saturated carbocycles. The Balaban J connectivity index is 2.88. The maximum absolute atomic E-state index is 12.6. The number of esters is 3. The van der Waals surface area contributed by atoms with Crippen LogP contribution < -0.4 is 5.32 Å². The highest BCUT2D eigenvalue weighted by atomic mass is 16.6. The minimum Gasteiger partial charge on any atom is -0.459 e. The molecule has 42 heavy (non-hydrogen) atoms. The van der Waals surface area contributed by atoms with E-state index in [0.717, 1.165) is 0 Å². The van der Waals surface area contributed by atoms with Gasteiger partial charge in [0.25, 0.3) is 0 Å². The molecule has 12 heteroatoms. The van der Waals surface area contributed by atoms with Gasteiger partial charge in [0, 0.05) is 52.4 Å². The maximum Gasteiger partial charge on any atom is 0.320 e. The molecule has 0 radical (unpaired) electrons. The zero-order valence-electron chi connectivity index (χ0n) is 27.7. The standard InChI is InChI=1S/C30H58N4O8/c1-28(2,3)40-25(35)22-32-12-10-31-11-18-38-19-16-33(23-26(36)41-29(4,5)6)13-14-34(17-21-39-20-15-32)24-27(37)42-30(7,8)9/h31H,10-24H2,1-9H3. The van der Waals surface area contributed by atoms with E-state index in [1.807, 2.05) is 77.0 Å². The van der Waals surface area contributed by atoms with E-state index in [-0.39, 0.29) is 37.5 Å². The van der Waals surface area contributed by atoms with Crippen LogP contribution in [0.2, 0.25) is 0 Å². The fourth-order valence-electron chi connectivity index (χ4n) is 4.05. The molecule has 1 N–H and O–H groups in total. The van der Waals surface area contributed by atoms with Crippen LogP contribution in [-0.2, 0) is 38.1 Å². The third-order valence-corrected chi connectivity index (χ3v) is 5.73. The second-order valence-corrected chi connectivity index (χ2v) is 13.6. The molecule has 246 valence electrons. The predicted octanol–water partition coefficient (Wildman–Crippen LogP) is 1.55. The molecule has 0 aromatic rings. The highest BCUT2D eigenvalue weighted by Crippen LogP contribution is 2.10. The molecule has 0 bridgehead atoms. The summed E-state index contributed by atoms with van der Waals surface area (Å²) in [5.41, 5.74) is -1.70. The van der Waals surface area contributed by atoms with Crippen molar-refractivity contribution in [1.29, 1.82) is 0 Å². The van der Waals surface area contributed by atoms with Crippen LogP contribution in [0.25, 0.3) is 0 Å². The van der Waals surface area contributed by atoms with Gasteiger partial charge in [-0.25, -0.2) is 0 Å². The first-order chi connectivity index (χ1) is 19.4. The van der Waals surface area contributed by atoms with Crippen molar-refractivity contribution in [2.75, 3.05) is 98.4 Å². The lowest BCUT2D eigenvalue weighted by Gasteiger charge is -2.29. The van der Waals surface area contributed by atoms with Crippen molar-refractivity contribution >= 4 is 17.9 Å². The summed E-state index contributed by atoms with van der Waals surface area (Å²) in [6.45, 7) is 23.5. The molecule has 1 rings (SSSR count). The molecular weight excluding hydrogens is 544 g/mol. The topological polar surface area (TPSA) is 119 Å². The molecule has 12 nitrogen and oxygen atoms in total. The quantitative estimate of drug-likeness (QED) is 0.351. The molecule has 0 amide bonds. The second kappa shape index (κ2) is 18.7. The van der Waals surface area contributed by atoms with Gasteiger partial charge in [-0.1, -0.05) is 0 Å². The zero-order chi connectivity index (χ0) is 31.8. The van der Waals surface area contributed by atoms with Crippen LogP contribution in [0.4, 0.5) is 0 Å². The summed E-state index contributed by atoms with van der Waals surface area (Å²) in [4.78, 5) is 43.6. The number of hydrogen-bond acceptors (Lipinski definition) is 12. The van der Waals surface area contributed by atoms with Crippen LogP contribution in [-0.4, -0.2) is 148 Å². The van der Waals surface area contributed by atoms with Gasteiger partial charge >= 0.3 is 17.9 Å². The number of hydrogen-bond donors (Lipinski definition) is 1. The molecule has 1 aliphatic heterocycles. The Kier molecular flexibility index (Phi) is 17.1. The van der Waals surface area contributed by atoms with Crippen molar-refractivity contribution in [1.82, 2.24) is 20.0 Å². The lowest BCUT2D eigenvalue weighted by molar-refractivity contribution is -0.158. The monoisotopic (exact) mass is 602 g/mol. The third kappa shape index (κ3) is 21.8. The van der Waals surface area contributed by atoms with Gasteiger partial charge in [-0.2, -0.15) is 0 Å². The fraction of sp³-hybridized carbons (Fsp3) is 0.900. The molecule has 1 aliphatic rings. The Hall–Kier alpha value is -1.83. The predicted molar refractivity (Wildman–Crippen MR) is 161 cm³/mol. The maximum atomic E-state index is 12.6. The smallest absolute Gasteiger partial charge is 0.320 e. The minimum absolute atomic E-state index is 0.105. The van der Waals surface area contributed by atoms with Gasteiger partial charge < -0.3 is 29.0 Å². The van der Waals surface area contributed by atoms with Crippen LogP contribution in [0, 0.1) is 0 Å². The van der Waals surface area contributed by atoms with Crippen molar-refractivity contribution in [2.45, 2.75) is 79.1 Å². The first-order valence-electron chi connectivity index (χ1n) is 15.1. The highest BCUT2D eigenvalue weighted by molar-refractivity contribution is 5.73. The molecule has 0 spiro atoms. The van der Waals surface area contributed by atoms with Gasteiger partial charge in [0.1, 0.15) is 16.8 Å². The Morgan fingerprint density at radius 2 is 0.857 bits per heavy atom. The third-order valence-electron chi connectivity index (χ3n) is 5.73. The van der Waals surface area contributed by atoms with Crippen molar-refractivity contribution in [2.24, 2.45) is 0 Å². The van der Waals surface area contributed by atoms with Crippen molar-refractivity contribution in [3.05, 3.63) is 0 Å². The summed E-state index contributed by atoms with van der Waals surface area (Å²) >= 11 is 0. The van der Waals surface area contributed by atoms with E-state index >= 15 is 0 Å². The Bertz CT molecular complexity index is 805. The average molecular weight is 603 g/mol. The van der Waals surface area contributed by atoms with E-state index in [4.69, 9.17) is 23.7 Å². The molecular formula is C30H58N4O8. The molecule has 1 saturated heterocycles. The van der Waals surface area contributed by atoms with E-state index in [2.05, 4.69) is 5.32 Å². The van der Waals surface area contributed by atoms with Crippen molar-refractivity contribution < 1.29 is 38.1 Å². The second-order valence-electron chi connectivity index (χ2n) is 13.6. The Labute approximate surface area is 253 Å². The van der Waals surface area contributed by atoms with E-state index < -0.39 is 16.8 Å². The summed E-state index contributed by atoms with van der Waals surface area (Å²) in [6, 6.07) is 0. The lowest BCUT2D eigenvalue weighted by atomic mass is 10.2.